The van der Waals surface area contributed by atoms with Gasteiger partial charge in [0.15, 0.2) is 0 Å². The molecule has 1 aromatic heterocycles. The first kappa shape index (κ1) is 23.6. The van der Waals surface area contributed by atoms with Gasteiger partial charge in [-0.2, -0.15) is 4.31 Å². The number of hydrogen-bond donors (Lipinski definition) is 0. The molecule has 1 aliphatic heterocycles. The Hall–Kier alpha value is -2.52. The molecule has 0 spiro atoms. The molecule has 33 heavy (non-hydrogen) atoms. The van der Waals surface area contributed by atoms with Crippen LogP contribution in [0.2, 0.25) is 0 Å². The summed E-state index contributed by atoms with van der Waals surface area (Å²) in [6.07, 6.45) is 0.738. The molecule has 0 N–H and O–H groups in total. The molecule has 0 aliphatic carbocycles. The lowest BCUT2D eigenvalue weighted by atomic mass is 10.1. The fraction of sp³-hybridized carbons (Fsp3) is 0.320. The molecule has 1 unspecified atom stereocenters. The van der Waals surface area contributed by atoms with E-state index in [1.54, 1.807) is 29.5 Å². The number of nitrogens with zero attached hydrogens (tertiary/aromatic N) is 2. The third kappa shape index (κ3) is 5.70. The van der Waals surface area contributed by atoms with E-state index in [0.29, 0.717) is 38.4 Å². The number of carbonyl (C=O) groups is 1. The van der Waals surface area contributed by atoms with Gasteiger partial charge < -0.3 is 9.64 Å². The Morgan fingerprint density at radius 1 is 1.06 bits per heavy atom. The number of benzene rings is 2. The van der Waals surface area contributed by atoms with Crippen LogP contribution in [-0.2, 0) is 27.7 Å². The Morgan fingerprint density at radius 3 is 2.52 bits per heavy atom. The molecule has 6 nitrogen and oxygen atoms in total. The highest BCUT2D eigenvalue weighted by Gasteiger charge is 2.28. The number of amides is 1. The van der Waals surface area contributed by atoms with Gasteiger partial charge in [-0.25, -0.2) is 8.42 Å². The lowest BCUT2D eigenvalue weighted by molar-refractivity contribution is 0.0675. The third-order valence-electron chi connectivity index (χ3n) is 5.75. The van der Waals surface area contributed by atoms with Gasteiger partial charge in [0.25, 0.3) is 5.91 Å². The maximum Gasteiger partial charge on any atom is 0.254 e. The van der Waals surface area contributed by atoms with E-state index >= 15 is 0 Å². The second kappa shape index (κ2) is 10.6. The second-order valence-corrected chi connectivity index (χ2v) is 11.1. The van der Waals surface area contributed by atoms with Crippen molar-refractivity contribution in [1.29, 1.82) is 0 Å². The normalized spacial score (nSPS) is 15.8. The van der Waals surface area contributed by atoms with Gasteiger partial charge in [-0.3, -0.25) is 4.79 Å². The molecule has 1 atom stereocenters. The Balaban J connectivity index is 1.62. The van der Waals surface area contributed by atoms with Crippen molar-refractivity contribution < 1.29 is 17.9 Å². The summed E-state index contributed by atoms with van der Waals surface area (Å²) < 4.78 is 32.9. The van der Waals surface area contributed by atoms with Crippen LogP contribution in [0.5, 0.6) is 0 Å². The van der Waals surface area contributed by atoms with E-state index in [9.17, 15) is 13.2 Å². The molecule has 2 aromatic carbocycles. The zero-order chi connectivity index (χ0) is 23.3. The lowest BCUT2D eigenvalue weighted by Gasteiger charge is -2.30. The minimum absolute atomic E-state index is 0.0594. The number of hydrogen-bond acceptors (Lipinski definition) is 5. The predicted molar refractivity (Wildman–Crippen MR) is 130 cm³/mol. The zero-order valence-electron chi connectivity index (χ0n) is 18.6. The molecule has 2 heterocycles. The van der Waals surface area contributed by atoms with Crippen molar-refractivity contribution in [2.45, 2.75) is 30.8 Å². The predicted octanol–water partition coefficient (Wildman–Crippen LogP) is 4.04. The van der Waals surface area contributed by atoms with Crippen molar-refractivity contribution in [3.05, 3.63) is 88.1 Å². The first-order valence-electron chi connectivity index (χ1n) is 11.0. The van der Waals surface area contributed by atoms with Crippen LogP contribution < -0.4 is 0 Å². The van der Waals surface area contributed by atoms with Crippen LogP contribution in [0.15, 0.2) is 77.0 Å². The molecule has 0 saturated carbocycles. The Morgan fingerprint density at radius 2 is 1.82 bits per heavy atom. The summed E-state index contributed by atoms with van der Waals surface area (Å²) in [6.45, 7) is 3.88. The van der Waals surface area contributed by atoms with Crippen molar-refractivity contribution in [2.24, 2.45) is 0 Å². The van der Waals surface area contributed by atoms with Gasteiger partial charge in [0.1, 0.15) is 0 Å². The number of sulfonamides is 1. The van der Waals surface area contributed by atoms with Crippen LogP contribution in [0.3, 0.4) is 0 Å². The lowest BCUT2D eigenvalue weighted by Crippen LogP contribution is -2.41. The molecule has 8 heteroatoms. The van der Waals surface area contributed by atoms with E-state index in [4.69, 9.17) is 4.74 Å². The quantitative estimate of drug-likeness (QED) is 0.484. The molecule has 4 rings (SSSR count). The van der Waals surface area contributed by atoms with Crippen molar-refractivity contribution in [3.63, 3.8) is 0 Å². The SMILES string of the molecule is CC(Cc1cccs1)N(Cc1ccccc1)C(=O)c1cccc(S(=O)(=O)N2CCOCC2)c1. The number of thiophene rings is 1. The van der Waals surface area contributed by atoms with Crippen molar-refractivity contribution in [2.75, 3.05) is 26.3 Å². The number of rotatable bonds is 8. The van der Waals surface area contributed by atoms with Gasteiger partial charge in [0.2, 0.25) is 10.0 Å². The Kier molecular flexibility index (Phi) is 7.60. The molecule has 0 bridgehead atoms. The van der Waals surface area contributed by atoms with Crippen molar-refractivity contribution >= 4 is 27.3 Å². The second-order valence-electron chi connectivity index (χ2n) is 8.10. The highest BCUT2D eigenvalue weighted by molar-refractivity contribution is 7.89. The van der Waals surface area contributed by atoms with E-state index in [1.807, 2.05) is 53.6 Å². The molecular formula is C25H28N2O4S2. The average Bonchev–Trinajstić information content (AvgIpc) is 3.36. The first-order chi connectivity index (χ1) is 15.9. The third-order valence-corrected chi connectivity index (χ3v) is 8.55. The molecule has 1 fully saturated rings. The number of morpholine rings is 1. The molecule has 1 amide bonds. The molecule has 1 aliphatic rings. The summed E-state index contributed by atoms with van der Waals surface area (Å²) in [5.74, 6) is -0.179. The first-order valence-corrected chi connectivity index (χ1v) is 13.3. The topological polar surface area (TPSA) is 66.9 Å². The highest BCUT2D eigenvalue weighted by atomic mass is 32.2. The molecular weight excluding hydrogens is 456 g/mol. The summed E-state index contributed by atoms with van der Waals surface area (Å²) in [5.41, 5.74) is 1.40. The maximum absolute atomic E-state index is 13.7. The van der Waals surface area contributed by atoms with Gasteiger partial charge in [-0.1, -0.05) is 42.5 Å². The summed E-state index contributed by atoms with van der Waals surface area (Å²) in [4.78, 5) is 16.8. The van der Waals surface area contributed by atoms with Crippen LogP contribution in [0.4, 0.5) is 0 Å². The standard InChI is InChI=1S/C25H28N2O4S2/c1-20(17-23-10-6-16-32-23)27(19-21-7-3-2-4-8-21)25(28)22-9-5-11-24(18-22)33(29,30)26-12-14-31-15-13-26/h2-11,16,18,20H,12-15,17,19H2,1H3. The van der Waals surface area contributed by atoms with Crippen molar-refractivity contribution in [3.8, 4) is 0 Å². The van der Waals surface area contributed by atoms with Crippen LogP contribution in [0.1, 0.15) is 27.7 Å². The Bertz CT molecular complexity index is 1160. The van der Waals surface area contributed by atoms with Gasteiger partial charge in [0.05, 0.1) is 18.1 Å². The van der Waals surface area contributed by atoms with Gasteiger partial charge in [-0.05, 0) is 42.1 Å². The summed E-state index contributed by atoms with van der Waals surface area (Å²) >= 11 is 1.67. The minimum Gasteiger partial charge on any atom is -0.379 e. The smallest absolute Gasteiger partial charge is 0.254 e. The summed E-state index contributed by atoms with van der Waals surface area (Å²) in [7, 11) is -3.68. The van der Waals surface area contributed by atoms with Crippen LogP contribution in [-0.4, -0.2) is 55.9 Å². The minimum atomic E-state index is -3.68. The van der Waals surface area contributed by atoms with E-state index in [0.717, 1.165) is 12.0 Å². The molecule has 174 valence electrons. The molecule has 3 aromatic rings. The monoisotopic (exact) mass is 484 g/mol. The van der Waals surface area contributed by atoms with Crippen LogP contribution >= 0.6 is 11.3 Å². The van der Waals surface area contributed by atoms with E-state index in [-0.39, 0.29) is 16.8 Å². The molecule has 0 radical (unpaired) electrons. The van der Waals surface area contributed by atoms with Gasteiger partial charge in [-0.15, -0.1) is 11.3 Å². The zero-order valence-corrected chi connectivity index (χ0v) is 20.2. The number of ether oxygens (including phenoxy) is 1. The summed E-state index contributed by atoms with van der Waals surface area (Å²) in [6, 6.07) is 20.3. The van der Waals surface area contributed by atoms with E-state index in [2.05, 4.69) is 6.07 Å². The summed E-state index contributed by atoms with van der Waals surface area (Å²) in [5, 5.41) is 2.03. The fourth-order valence-electron chi connectivity index (χ4n) is 3.93. The fourth-order valence-corrected chi connectivity index (χ4v) is 6.21. The largest absolute Gasteiger partial charge is 0.379 e. The van der Waals surface area contributed by atoms with Crippen LogP contribution in [0.25, 0.3) is 0 Å². The van der Waals surface area contributed by atoms with Crippen molar-refractivity contribution in [1.82, 2.24) is 9.21 Å². The van der Waals surface area contributed by atoms with E-state index in [1.165, 1.54) is 15.2 Å². The van der Waals surface area contributed by atoms with Crippen LogP contribution in [0, 0.1) is 0 Å². The van der Waals surface area contributed by atoms with E-state index < -0.39 is 10.0 Å². The molecule has 1 saturated heterocycles. The van der Waals surface area contributed by atoms with Gasteiger partial charge >= 0.3 is 0 Å². The average molecular weight is 485 g/mol. The highest BCUT2D eigenvalue weighted by Crippen LogP contribution is 2.22. The van der Waals surface area contributed by atoms with Gasteiger partial charge in [0, 0.05) is 42.5 Å². The Labute approximate surface area is 199 Å². The maximum atomic E-state index is 13.7. The number of carbonyl (C=O) groups excluding carboxylic acids is 1.